The number of nitrogens with zero attached hydrogens (tertiary/aromatic N) is 2. The molecular formula is C13H26N2. The van der Waals surface area contributed by atoms with E-state index in [0.717, 1.165) is 32.7 Å². The Kier molecular flexibility index (Phi) is 9.54. The molecule has 0 fully saturated rings. The number of hydrogen-bond donors (Lipinski definition) is 0. The minimum absolute atomic E-state index is 0.963. The summed E-state index contributed by atoms with van der Waals surface area (Å²) in [5.74, 6) is 0. The highest BCUT2D eigenvalue weighted by molar-refractivity contribution is 4.79. The molecule has 0 atom stereocenters. The van der Waals surface area contributed by atoms with Crippen LogP contribution in [-0.2, 0) is 0 Å². The fourth-order valence-electron chi connectivity index (χ4n) is 1.68. The van der Waals surface area contributed by atoms with Crippen LogP contribution in [0.4, 0.5) is 0 Å². The third kappa shape index (κ3) is 7.34. The summed E-state index contributed by atoms with van der Waals surface area (Å²) in [5.41, 5.74) is 0. The van der Waals surface area contributed by atoms with E-state index in [1.807, 2.05) is 12.2 Å². The standard InChI is InChI=1S/C13H26N2/c1-5-10-15(11-6-2)13-9-12-14(7-3)8-4/h5-6H,1-2,7-13H2,3-4H3. The SMILES string of the molecule is C=CCN(CC=C)CCCN(CC)CC. The second-order valence-corrected chi connectivity index (χ2v) is 3.72. The van der Waals surface area contributed by atoms with Crippen LogP contribution in [-0.4, -0.2) is 49.1 Å². The average molecular weight is 210 g/mol. The Morgan fingerprint density at radius 2 is 1.33 bits per heavy atom. The molecule has 2 nitrogen and oxygen atoms in total. The van der Waals surface area contributed by atoms with Crippen molar-refractivity contribution in [2.45, 2.75) is 20.3 Å². The first-order valence-corrected chi connectivity index (χ1v) is 5.94. The Labute approximate surface area is 95.3 Å². The molecule has 0 saturated heterocycles. The van der Waals surface area contributed by atoms with Crippen molar-refractivity contribution in [3.8, 4) is 0 Å². The Bertz CT molecular complexity index is 152. The van der Waals surface area contributed by atoms with Crippen molar-refractivity contribution < 1.29 is 0 Å². The van der Waals surface area contributed by atoms with Crippen LogP contribution in [0.25, 0.3) is 0 Å². The van der Waals surface area contributed by atoms with Gasteiger partial charge in [0.1, 0.15) is 0 Å². The van der Waals surface area contributed by atoms with Crippen LogP contribution >= 0.6 is 0 Å². The predicted octanol–water partition coefficient (Wildman–Crippen LogP) is 2.39. The van der Waals surface area contributed by atoms with Gasteiger partial charge in [-0.1, -0.05) is 26.0 Å². The minimum atomic E-state index is 0.963. The van der Waals surface area contributed by atoms with E-state index in [-0.39, 0.29) is 0 Å². The maximum Gasteiger partial charge on any atom is 0.0163 e. The molecule has 0 heterocycles. The lowest BCUT2D eigenvalue weighted by molar-refractivity contribution is 0.262. The molecule has 0 unspecified atom stereocenters. The summed E-state index contributed by atoms with van der Waals surface area (Å²) in [4.78, 5) is 4.82. The number of rotatable bonds is 10. The molecule has 2 heteroatoms. The van der Waals surface area contributed by atoms with E-state index >= 15 is 0 Å². The average Bonchev–Trinajstić information content (AvgIpc) is 2.25. The second-order valence-electron chi connectivity index (χ2n) is 3.72. The van der Waals surface area contributed by atoms with Crippen molar-refractivity contribution in [3.05, 3.63) is 25.3 Å². The van der Waals surface area contributed by atoms with Gasteiger partial charge in [-0.2, -0.15) is 0 Å². The molecule has 0 radical (unpaired) electrons. The summed E-state index contributed by atoms with van der Waals surface area (Å²) in [6, 6.07) is 0. The Morgan fingerprint density at radius 3 is 1.73 bits per heavy atom. The molecule has 88 valence electrons. The Morgan fingerprint density at radius 1 is 0.867 bits per heavy atom. The summed E-state index contributed by atoms with van der Waals surface area (Å²) in [7, 11) is 0. The van der Waals surface area contributed by atoms with E-state index in [2.05, 4.69) is 36.8 Å². The first-order chi connectivity index (χ1) is 7.28. The van der Waals surface area contributed by atoms with E-state index in [9.17, 15) is 0 Å². The van der Waals surface area contributed by atoms with Crippen molar-refractivity contribution in [2.24, 2.45) is 0 Å². The largest absolute Gasteiger partial charge is 0.304 e. The topological polar surface area (TPSA) is 6.48 Å². The monoisotopic (exact) mass is 210 g/mol. The van der Waals surface area contributed by atoms with Crippen LogP contribution in [0.2, 0.25) is 0 Å². The molecule has 0 aliphatic heterocycles. The van der Waals surface area contributed by atoms with Crippen LogP contribution in [0, 0.1) is 0 Å². The van der Waals surface area contributed by atoms with Crippen molar-refractivity contribution in [1.29, 1.82) is 0 Å². The van der Waals surface area contributed by atoms with Crippen LogP contribution in [0.5, 0.6) is 0 Å². The highest BCUT2D eigenvalue weighted by Crippen LogP contribution is 1.96. The smallest absolute Gasteiger partial charge is 0.0163 e. The molecule has 0 aliphatic carbocycles. The summed E-state index contributed by atoms with van der Waals surface area (Å²) in [5, 5.41) is 0. The van der Waals surface area contributed by atoms with E-state index in [4.69, 9.17) is 0 Å². The van der Waals surface area contributed by atoms with Gasteiger partial charge in [0, 0.05) is 19.6 Å². The third-order valence-corrected chi connectivity index (χ3v) is 2.62. The van der Waals surface area contributed by atoms with Gasteiger partial charge in [-0.05, 0) is 26.1 Å². The first-order valence-electron chi connectivity index (χ1n) is 5.94. The summed E-state index contributed by atoms with van der Waals surface area (Å²) in [6.45, 7) is 18.5. The molecule has 0 aliphatic rings. The Hall–Kier alpha value is -0.600. The maximum atomic E-state index is 3.77. The van der Waals surface area contributed by atoms with Gasteiger partial charge < -0.3 is 4.90 Å². The van der Waals surface area contributed by atoms with Gasteiger partial charge >= 0.3 is 0 Å². The van der Waals surface area contributed by atoms with Gasteiger partial charge in [0.2, 0.25) is 0 Å². The summed E-state index contributed by atoms with van der Waals surface area (Å²) >= 11 is 0. The lowest BCUT2D eigenvalue weighted by Gasteiger charge is -2.22. The van der Waals surface area contributed by atoms with E-state index in [1.54, 1.807) is 0 Å². The minimum Gasteiger partial charge on any atom is -0.304 e. The van der Waals surface area contributed by atoms with Crippen molar-refractivity contribution in [2.75, 3.05) is 39.3 Å². The molecule has 0 aromatic carbocycles. The van der Waals surface area contributed by atoms with Gasteiger partial charge in [0.15, 0.2) is 0 Å². The fourth-order valence-corrected chi connectivity index (χ4v) is 1.68. The molecule has 0 N–H and O–H groups in total. The van der Waals surface area contributed by atoms with Crippen LogP contribution in [0.3, 0.4) is 0 Å². The summed E-state index contributed by atoms with van der Waals surface area (Å²) < 4.78 is 0. The van der Waals surface area contributed by atoms with Crippen molar-refractivity contribution >= 4 is 0 Å². The second kappa shape index (κ2) is 9.94. The zero-order valence-electron chi connectivity index (χ0n) is 10.4. The molecule has 0 bridgehead atoms. The van der Waals surface area contributed by atoms with Gasteiger partial charge in [-0.3, -0.25) is 4.90 Å². The summed E-state index contributed by atoms with van der Waals surface area (Å²) in [6.07, 6.45) is 5.14. The van der Waals surface area contributed by atoms with Gasteiger partial charge in [-0.15, -0.1) is 13.2 Å². The lowest BCUT2D eigenvalue weighted by atomic mass is 10.3. The highest BCUT2D eigenvalue weighted by Gasteiger charge is 2.02. The third-order valence-electron chi connectivity index (χ3n) is 2.62. The quantitative estimate of drug-likeness (QED) is 0.511. The normalized spacial score (nSPS) is 10.9. The predicted molar refractivity (Wildman–Crippen MR) is 69.2 cm³/mol. The molecule has 0 aromatic heterocycles. The van der Waals surface area contributed by atoms with Gasteiger partial charge in [0.05, 0.1) is 0 Å². The molecule has 0 aromatic rings. The lowest BCUT2D eigenvalue weighted by Crippen LogP contribution is -2.30. The van der Waals surface area contributed by atoms with Gasteiger partial charge in [-0.25, -0.2) is 0 Å². The Balaban J connectivity index is 3.68. The van der Waals surface area contributed by atoms with Gasteiger partial charge in [0.25, 0.3) is 0 Å². The van der Waals surface area contributed by atoms with E-state index in [0.29, 0.717) is 0 Å². The molecule has 0 rings (SSSR count). The molecule has 15 heavy (non-hydrogen) atoms. The zero-order valence-corrected chi connectivity index (χ0v) is 10.4. The fraction of sp³-hybridized carbons (Fsp3) is 0.692. The molecule has 0 spiro atoms. The highest BCUT2D eigenvalue weighted by atomic mass is 15.1. The maximum absolute atomic E-state index is 3.77. The zero-order chi connectivity index (χ0) is 11.5. The number of hydrogen-bond acceptors (Lipinski definition) is 2. The molecule has 0 saturated carbocycles. The van der Waals surface area contributed by atoms with Crippen LogP contribution < -0.4 is 0 Å². The van der Waals surface area contributed by atoms with Crippen LogP contribution in [0.15, 0.2) is 25.3 Å². The first kappa shape index (κ1) is 14.4. The van der Waals surface area contributed by atoms with E-state index < -0.39 is 0 Å². The molecule has 0 amide bonds. The van der Waals surface area contributed by atoms with E-state index in [1.165, 1.54) is 13.0 Å². The van der Waals surface area contributed by atoms with Crippen molar-refractivity contribution in [1.82, 2.24) is 9.80 Å². The van der Waals surface area contributed by atoms with Crippen molar-refractivity contribution in [3.63, 3.8) is 0 Å². The molecular weight excluding hydrogens is 184 g/mol. The van der Waals surface area contributed by atoms with Crippen LogP contribution in [0.1, 0.15) is 20.3 Å².